The molecule has 0 unspecified atom stereocenters. The van der Waals surface area contributed by atoms with Gasteiger partial charge in [-0.2, -0.15) is 0 Å². The summed E-state index contributed by atoms with van der Waals surface area (Å²) in [5, 5.41) is 19.5. The first-order valence-electron chi connectivity index (χ1n) is 9.41. The molecular formula is C19H26N6OS. The van der Waals surface area contributed by atoms with Crippen molar-refractivity contribution in [1.82, 2.24) is 25.0 Å². The fraction of sp³-hybridized carbons (Fsp3) is 0.579. The molecule has 0 saturated carbocycles. The lowest BCUT2D eigenvalue weighted by Crippen LogP contribution is -2.35. The Kier molecular flexibility index (Phi) is 4.63. The highest BCUT2D eigenvalue weighted by atomic mass is 32.1. The lowest BCUT2D eigenvalue weighted by atomic mass is 9.96. The van der Waals surface area contributed by atoms with E-state index in [0.29, 0.717) is 11.6 Å². The van der Waals surface area contributed by atoms with E-state index < -0.39 is 5.60 Å². The molecule has 4 rings (SSSR count). The van der Waals surface area contributed by atoms with Crippen LogP contribution in [-0.2, 0) is 12.1 Å². The number of fused-ring (bicyclic) bond motifs is 1. The van der Waals surface area contributed by atoms with Gasteiger partial charge in [-0.05, 0) is 52.0 Å². The zero-order valence-electron chi connectivity index (χ0n) is 16.3. The molecule has 1 saturated heterocycles. The smallest absolute Gasteiger partial charge is 0.141 e. The lowest BCUT2D eigenvalue weighted by molar-refractivity contribution is 0.0737. The maximum Gasteiger partial charge on any atom is 0.141 e. The highest BCUT2D eigenvalue weighted by Gasteiger charge is 2.25. The second-order valence-electron chi connectivity index (χ2n) is 7.98. The Bertz CT molecular complexity index is 949. The van der Waals surface area contributed by atoms with Crippen molar-refractivity contribution in [2.75, 3.05) is 18.0 Å². The van der Waals surface area contributed by atoms with Crippen LogP contribution in [-0.4, -0.2) is 43.2 Å². The SMILES string of the molecule is Cc1sc2ncnc(N3CCC(Cn4cc(C(C)(C)O)nn4)CC3)c2c1C. The Labute approximate surface area is 163 Å². The molecule has 144 valence electrons. The summed E-state index contributed by atoms with van der Waals surface area (Å²) in [6, 6.07) is 0. The molecule has 0 radical (unpaired) electrons. The molecule has 7 nitrogen and oxygen atoms in total. The van der Waals surface area contributed by atoms with Gasteiger partial charge in [0, 0.05) is 24.5 Å². The van der Waals surface area contributed by atoms with E-state index in [-0.39, 0.29) is 0 Å². The summed E-state index contributed by atoms with van der Waals surface area (Å²) in [4.78, 5) is 13.9. The monoisotopic (exact) mass is 386 g/mol. The molecule has 4 heterocycles. The highest BCUT2D eigenvalue weighted by Crippen LogP contribution is 2.35. The predicted octanol–water partition coefficient (Wildman–Crippen LogP) is 3.04. The average Bonchev–Trinajstić information content (AvgIpc) is 3.21. The van der Waals surface area contributed by atoms with E-state index in [0.717, 1.165) is 43.1 Å². The summed E-state index contributed by atoms with van der Waals surface area (Å²) in [7, 11) is 0. The first-order chi connectivity index (χ1) is 12.8. The molecule has 0 aliphatic carbocycles. The van der Waals surface area contributed by atoms with Crippen LogP contribution in [0.5, 0.6) is 0 Å². The molecule has 0 atom stereocenters. The van der Waals surface area contributed by atoms with Gasteiger partial charge < -0.3 is 10.0 Å². The Balaban J connectivity index is 1.44. The van der Waals surface area contributed by atoms with Gasteiger partial charge in [-0.3, -0.25) is 4.68 Å². The van der Waals surface area contributed by atoms with Gasteiger partial charge in [0.15, 0.2) is 0 Å². The topological polar surface area (TPSA) is 80.0 Å². The number of anilines is 1. The molecule has 0 bridgehead atoms. The zero-order valence-corrected chi connectivity index (χ0v) is 17.1. The molecule has 0 spiro atoms. The quantitative estimate of drug-likeness (QED) is 0.742. The fourth-order valence-electron chi connectivity index (χ4n) is 3.66. The third-order valence-electron chi connectivity index (χ3n) is 5.47. The number of nitrogens with zero attached hydrogens (tertiary/aromatic N) is 6. The Morgan fingerprint density at radius 1 is 1.22 bits per heavy atom. The zero-order chi connectivity index (χ0) is 19.2. The van der Waals surface area contributed by atoms with Gasteiger partial charge in [0.2, 0.25) is 0 Å². The van der Waals surface area contributed by atoms with Gasteiger partial charge in [-0.1, -0.05) is 5.21 Å². The van der Waals surface area contributed by atoms with Gasteiger partial charge in [-0.15, -0.1) is 16.4 Å². The highest BCUT2D eigenvalue weighted by molar-refractivity contribution is 7.18. The Morgan fingerprint density at radius 2 is 1.96 bits per heavy atom. The van der Waals surface area contributed by atoms with Gasteiger partial charge in [0.25, 0.3) is 0 Å². The molecule has 1 aliphatic heterocycles. The number of hydrogen-bond donors (Lipinski definition) is 1. The largest absolute Gasteiger partial charge is 0.384 e. The molecule has 0 aromatic carbocycles. The van der Waals surface area contributed by atoms with Crippen molar-refractivity contribution in [3.8, 4) is 0 Å². The summed E-state index contributed by atoms with van der Waals surface area (Å²) in [6.45, 7) is 10.6. The van der Waals surface area contributed by atoms with Crippen LogP contribution in [0.25, 0.3) is 10.2 Å². The third kappa shape index (κ3) is 3.55. The van der Waals surface area contributed by atoms with Gasteiger partial charge in [-0.25, -0.2) is 9.97 Å². The minimum atomic E-state index is -0.948. The van der Waals surface area contributed by atoms with Crippen molar-refractivity contribution in [1.29, 1.82) is 0 Å². The predicted molar refractivity (Wildman–Crippen MR) is 107 cm³/mol. The van der Waals surface area contributed by atoms with Crippen molar-refractivity contribution >= 4 is 27.4 Å². The number of rotatable bonds is 4. The van der Waals surface area contributed by atoms with E-state index in [4.69, 9.17) is 0 Å². The molecular weight excluding hydrogens is 360 g/mol. The van der Waals surface area contributed by atoms with Crippen molar-refractivity contribution in [3.05, 3.63) is 28.7 Å². The summed E-state index contributed by atoms with van der Waals surface area (Å²) < 4.78 is 1.86. The van der Waals surface area contributed by atoms with E-state index in [2.05, 4.69) is 39.0 Å². The van der Waals surface area contributed by atoms with Crippen LogP contribution in [0.3, 0.4) is 0 Å². The van der Waals surface area contributed by atoms with Crippen LogP contribution < -0.4 is 4.90 Å². The summed E-state index contributed by atoms with van der Waals surface area (Å²) in [5.41, 5.74) is 0.970. The van der Waals surface area contributed by atoms with E-state index in [9.17, 15) is 5.11 Å². The summed E-state index contributed by atoms with van der Waals surface area (Å²) in [6.07, 6.45) is 5.72. The molecule has 1 N–H and O–H groups in total. The first-order valence-corrected chi connectivity index (χ1v) is 10.2. The molecule has 0 amide bonds. The molecule has 8 heteroatoms. The Hall–Kier alpha value is -2.06. The van der Waals surface area contributed by atoms with E-state index in [1.165, 1.54) is 15.8 Å². The number of aliphatic hydroxyl groups is 1. The van der Waals surface area contributed by atoms with E-state index in [1.807, 2.05) is 10.9 Å². The van der Waals surface area contributed by atoms with Crippen molar-refractivity contribution in [2.24, 2.45) is 5.92 Å². The van der Waals surface area contributed by atoms with Gasteiger partial charge in [0.1, 0.15) is 28.3 Å². The number of aryl methyl sites for hydroxylation is 2. The minimum absolute atomic E-state index is 0.556. The molecule has 3 aromatic heterocycles. The van der Waals surface area contributed by atoms with Crippen molar-refractivity contribution in [2.45, 2.75) is 52.7 Å². The summed E-state index contributed by atoms with van der Waals surface area (Å²) >= 11 is 1.75. The maximum atomic E-state index is 10.0. The number of piperidine rings is 1. The fourth-order valence-corrected chi connectivity index (χ4v) is 4.65. The van der Waals surface area contributed by atoms with Gasteiger partial charge >= 0.3 is 0 Å². The lowest BCUT2D eigenvalue weighted by Gasteiger charge is -2.33. The molecule has 27 heavy (non-hydrogen) atoms. The van der Waals surface area contributed by atoms with E-state index >= 15 is 0 Å². The second kappa shape index (κ2) is 6.83. The molecule has 1 fully saturated rings. The number of thiophene rings is 1. The standard InChI is InChI=1S/C19H26N6OS/c1-12-13(2)27-18-16(12)17(20-11-21-18)24-7-5-14(6-8-24)9-25-10-15(22-23-25)19(3,4)26/h10-11,14,26H,5-9H2,1-4H3. The third-order valence-corrected chi connectivity index (χ3v) is 6.59. The number of hydrogen-bond acceptors (Lipinski definition) is 7. The van der Waals surface area contributed by atoms with Crippen LogP contribution in [0.2, 0.25) is 0 Å². The maximum absolute atomic E-state index is 10.0. The molecule has 3 aromatic rings. The van der Waals surface area contributed by atoms with Crippen LogP contribution >= 0.6 is 11.3 Å². The van der Waals surface area contributed by atoms with Crippen LogP contribution in [0.15, 0.2) is 12.5 Å². The Morgan fingerprint density at radius 3 is 2.63 bits per heavy atom. The second-order valence-corrected chi connectivity index (χ2v) is 9.18. The van der Waals surface area contributed by atoms with Gasteiger partial charge in [0.05, 0.1) is 11.6 Å². The number of aromatic nitrogens is 5. The minimum Gasteiger partial charge on any atom is -0.384 e. The van der Waals surface area contributed by atoms with Crippen LogP contribution in [0.1, 0.15) is 42.8 Å². The van der Waals surface area contributed by atoms with Crippen LogP contribution in [0, 0.1) is 19.8 Å². The molecule has 1 aliphatic rings. The van der Waals surface area contributed by atoms with Crippen molar-refractivity contribution < 1.29 is 5.11 Å². The van der Waals surface area contributed by atoms with E-state index in [1.54, 1.807) is 31.5 Å². The normalized spacial score (nSPS) is 16.4. The summed E-state index contributed by atoms with van der Waals surface area (Å²) in [5.74, 6) is 1.63. The van der Waals surface area contributed by atoms with Crippen molar-refractivity contribution in [3.63, 3.8) is 0 Å². The van der Waals surface area contributed by atoms with Crippen LogP contribution in [0.4, 0.5) is 5.82 Å². The average molecular weight is 387 g/mol. The first kappa shape index (κ1) is 18.3.